The monoisotopic (exact) mass is 293 g/mol. The number of carbonyl (C=O) groups is 1. The molecule has 0 saturated carbocycles. The van der Waals surface area contributed by atoms with Crippen LogP contribution in [0.15, 0.2) is 57.7 Å². The van der Waals surface area contributed by atoms with E-state index in [2.05, 4.69) is 5.32 Å². The lowest BCUT2D eigenvalue weighted by Gasteiger charge is -2.08. The maximum absolute atomic E-state index is 12.3. The molecule has 0 spiro atoms. The average molecular weight is 293 g/mol. The van der Waals surface area contributed by atoms with Gasteiger partial charge in [0.15, 0.2) is 11.2 Å². The van der Waals surface area contributed by atoms with Crippen molar-refractivity contribution in [2.45, 2.75) is 13.8 Å². The summed E-state index contributed by atoms with van der Waals surface area (Å²) in [5.41, 5.74) is 2.79. The molecule has 1 aromatic heterocycles. The van der Waals surface area contributed by atoms with Crippen molar-refractivity contribution in [2.24, 2.45) is 0 Å². The molecule has 4 heteroatoms. The Labute approximate surface area is 127 Å². The van der Waals surface area contributed by atoms with Crippen LogP contribution in [-0.4, -0.2) is 5.91 Å². The third-order valence-corrected chi connectivity index (χ3v) is 3.50. The predicted molar refractivity (Wildman–Crippen MR) is 86.4 cm³/mol. The van der Waals surface area contributed by atoms with Crippen LogP contribution >= 0.6 is 0 Å². The van der Waals surface area contributed by atoms with Crippen LogP contribution in [0.2, 0.25) is 0 Å². The molecule has 0 atom stereocenters. The van der Waals surface area contributed by atoms with E-state index in [1.807, 2.05) is 38.1 Å². The Morgan fingerprint density at radius 2 is 1.82 bits per heavy atom. The summed E-state index contributed by atoms with van der Waals surface area (Å²) in [7, 11) is 0. The minimum atomic E-state index is -0.435. The van der Waals surface area contributed by atoms with Crippen LogP contribution in [0, 0.1) is 13.8 Å². The molecule has 0 aliphatic heterocycles. The highest BCUT2D eigenvalue weighted by Crippen LogP contribution is 2.17. The lowest BCUT2D eigenvalue weighted by molar-refractivity contribution is 0.0997. The molecular weight excluding hydrogens is 278 g/mol. The van der Waals surface area contributed by atoms with E-state index in [1.165, 1.54) is 6.07 Å². The Bertz CT molecular complexity index is 925. The smallest absolute Gasteiger partial charge is 0.291 e. The number of anilines is 1. The number of benzene rings is 2. The Balaban J connectivity index is 2.01. The molecule has 22 heavy (non-hydrogen) atoms. The third-order valence-electron chi connectivity index (χ3n) is 3.50. The number of amides is 1. The van der Waals surface area contributed by atoms with Gasteiger partial charge in [-0.25, -0.2) is 0 Å². The van der Waals surface area contributed by atoms with Crippen LogP contribution in [0.5, 0.6) is 0 Å². The number of aryl methyl sites for hydroxylation is 2. The number of rotatable bonds is 2. The molecule has 1 N–H and O–H groups in total. The Hall–Kier alpha value is -2.88. The van der Waals surface area contributed by atoms with Gasteiger partial charge in [-0.05, 0) is 43.2 Å². The normalized spacial score (nSPS) is 10.6. The van der Waals surface area contributed by atoms with Crippen LogP contribution in [0.4, 0.5) is 5.69 Å². The molecule has 2 aromatic carbocycles. The maximum atomic E-state index is 12.3. The Morgan fingerprint density at radius 1 is 1.05 bits per heavy atom. The molecule has 3 aromatic rings. The number of para-hydroxylation sites is 1. The number of carbonyl (C=O) groups excluding carboxylic acids is 1. The second-order valence-electron chi connectivity index (χ2n) is 5.24. The quantitative estimate of drug-likeness (QED) is 0.784. The van der Waals surface area contributed by atoms with Crippen molar-refractivity contribution >= 4 is 22.6 Å². The van der Waals surface area contributed by atoms with Gasteiger partial charge in [0.1, 0.15) is 5.58 Å². The maximum Gasteiger partial charge on any atom is 0.291 e. The summed E-state index contributed by atoms with van der Waals surface area (Å²) in [5, 5.41) is 3.23. The van der Waals surface area contributed by atoms with Crippen LogP contribution in [-0.2, 0) is 0 Å². The highest BCUT2D eigenvalue weighted by Gasteiger charge is 2.13. The molecule has 0 aliphatic rings. The van der Waals surface area contributed by atoms with E-state index in [9.17, 15) is 9.59 Å². The molecule has 1 amide bonds. The summed E-state index contributed by atoms with van der Waals surface area (Å²) in [6.07, 6.45) is 0. The van der Waals surface area contributed by atoms with E-state index in [0.29, 0.717) is 16.7 Å². The van der Waals surface area contributed by atoms with Gasteiger partial charge in [-0.2, -0.15) is 0 Å². The van der Waals surface area contributed by atoms with Crippen LogP contribution in [0.25, 0.3) is 11.0 Å². The fourth-order valence-corrected chi connectivity index (χ4v) is 2.27. The average Bonchev–Trinajstić information content (AvgIpc) is 2.49. The Morgan fingerprint density at radius 3 is 2.59 bits per heavy atom. The summed E-state index contributed by atoms with van der Waals surface area (Å²) in [5.74, 6) is -0.429. The molecule has 0 saturated heterocycles. The first-order chi connectivity index (χ1) is 10.5. The zero-order valence-electron chi connectivity index (χ0n) is 12.3. The summed E-state index contributed by atoms with van der Waals surface area (Å²) in [4.78, 5) is 24.4. The van der Waals surface area contributed by atoms with Gasteiger partial charge in [0.2, 0.25) is 0 Å². The van der Waals surface area contributed by atoms with E-state index in [0.717, 1.165) is 11.1 Å². The zero-order chi connectivity index (χ0) is 15.7. The Kier molecular flexibility index (Phi) is 3.51. The SMILES string of the molecule is Cc1ccc2c(=O)cc(C(=O)Nc3ccccc3C)oc2c1. The van der Waals surface area contributed by atoms with Gasteiger partial charge < -0.3 is 9.73 Å². The molecule has 0 bridgehead atoms. The van der Waals surface area contributed by atoms with Crippen molar-refractivity contribution in [1.29, 1.82) is 0 Å². The van der Waals surface area contributed by atoms with Gasteiger partial charge in [0.05, 0.1) is 5.39 Å². The summed E-state index contributed by atoms with van der Waals surface area (Å²) in [6, 6.07) is 14.0. The minimum Gasteiger partial charge on any atom is -0.451 e. The van der Waals surface area contributed by atoms with Gasteiger partial charge in [0, 0.05) is 11.8 Å². The summed E-state index contributed by atoms with van der Waals surface area (Å²) in [6.45, 7) is 3.80. The van der Waals surface area contributed by atoms with Crippen molar-refractivity contribution in [3.63, 3.8) is 0 Å². The number of hydrogen-bond acceptors (Lipinski definition) is 3. The van der Waals surface area contributed by atoms with E-state index in [4.69, 9.17) is 4.42 Å². The lowest BCUT2D eigenvalue weighted by atomic mass is 10.1. The van der Waals surface area contributed by atoms with E-state index in [1.54, 1.807) is 18.2 Å². The molecule has 0 aliphatic carbocycles. The molecule has 0 unspecified atom stereocenters. The van der Waals surface area contributed by atoms with Crippen molar-refractivity contribution in [1.82, 2.24) is 0 Å². The van der Waals surface area contributed by atoms with Gasteiger partial charge in [-0.3, -0.25) is 9.59 Å². The third kappa shape index (κ3) is 2.63. The number of fused-ring (bicyclic) bond motifs is 1. The highest BCUT2D eigenvalue weighted by atomic mass is 16.3. The van der Waals surface area contributed by atoms with Crippen LogP contribution < -0.4 is 10.7 Å². The molecular formula is C18H15NO3. The van der Waals surface area contributed by atoms with Crippen molar-refractivity contribution < 1.29 is 9.21 Å². The molecule has 0 radical (unpaired) electrons. The predicted octanol–water partition coefficient (Wildman–Crippen LogP) is 3.66. The molecule has 0 fully saturated rings. The fraction of sp³-hybridized carbons (Fsp3) is 0.111. The summed E-state index contributed by atoms with van der Waals surface area (Å²) < 4.78 is 5.59. The first-order valence-corrected chi connectivity index (χ1v) is 6.96. The van der Waals surface area contributed by atoms with Gasteiger partial charge in [-0.1, -0.05) is 24.3 Å². The van der Waals surface area contributed by atoms with Crippen LogP contribution in [0.3, 0.4) is 0 Å². The number of nitrogens with one attached hydrogen (secondary N) is 1. The van der Waals surface area contributed by atoms with Gasteiger partial charge >= 0.3 is 0 Å². The van der Waals surface area contributed by atoms with Gasteiger partial charge in [-0.15, -0.1) is 0 Å². The standard InChI is InChI=1S/C18H15NO3/c1-11-7-8-13-15(20)10-17(22-16(13)9-11)18(21)19-14-6-4-3-5-12(14)2/h3-10H,1-2H3,(H,19,21). The fourth-order valence-electron chi connectivity index (χ4n) is 2.27. The largest absolute Gasteiger partial charge is 0.451 e. The number of hydrogen-bond donors (Lipinski definition) is 1. The van der Waals surface area contributed by atoms with Crippen LogP contribution in [0.1, 0.15) is 21.7 Å². The second-order valence-corrected chi connectivity index (χ2v) is 5.24. The zero-order valence-corrected chi connectivity index (χ0v) is 12.3. The first kappa shape index (κ1) is 14.1. The van der Waals surface area contributed by atoms with E-state index < -0.39 is 5.91 Å². The molecule has 4 nitrogen and oxygen atoms in total. The topological polar surface area (TPSA) is 59.3 Å². The van der Waals surface area contributed by atoms with Gasteiger partial charge in [0.25, 0.3) is 5.91 Å². The van der Waals surface area contributed by atoms with E-state index >= 15 is 0 Å². The second kappa shape index (κ2) is 5.48. The van der Waals surface area contributed by atoms with Crippen molar-refractivity contribution in [2.75, 3.05) is 5.32 Å². The van der Waals surface area contributed by atoms with Crippen molar-refractivity contribution in [3.8, 4) is 0 Å². The van der Waals surface area contributed by atoms with E-state index in [-0.39, 0.29) is 11.2 Å². The molecule has 110 valence electrons. The first-order valence-electron chi connectivity index (χ1n) is 6.96. The summed E-state index contributed by atoms with van der Waals surface area (Å²) >= 11 is 0. The van der Waals surface area contributed by atoms with Crippen molar-refractivity contribution in [3.05, 3.63) is 75.6 Å². The molecule has 3 rings (SSSR count). The lowest BCUT2D eigenvalue weighted by Crippen LogP contribution is -2.15. The highest BCUT2D eigenvalue weighted by molar-refractivity contribution is 6.03. The minimum absolute atomic E-state index is 0.00588. The molecule has 1 heterocycles.